The highest BCUT2D eigenvalue weighted by Gasteiger charge is 2.17. The van der Waals surface area contributed by atoms with Crippen LogP contribution >= 0.6 is 0 Å². The zero-order valence-electron chi connectivity index (χ0n) is 27.9. The van der Waals surface area contributed by atoms with Crippen molar-refractivity contribution in [2.75, 3.05) is 0 Å². The van der Waals surface area contributed by atoms with Gasteiger partial charge in [-0.3, -0.25) is 0 Å². The van der Waals surface area contributed by atoms with Crippen molar-refractivity contribution >= 4 is 11.1 Å². The van der Waals surface area contributed by atoms with Gasteiger partial charge in [0.2, 0.25) is 5.89 Å². The Morgan fingerprint density at radius 2 is 0.647 bits per heavy atom. The molecule has 0 unspecified atom stereocenters. The van der Waals surface area contributed by atoms with Gasteiger partial charge < -0.3 is 4.42 Å². The summed E-state index contributed by atoms with van der Waals surface area (Å²) in [4.78, 5) is 5.15. The van der Waals surface area contributed by atoms with Crippen LogP contribution in [0.2, 0.25) is 0 Å². The topological polar surface area (TPSA) is 26.0 Å². The number of nitrogens with zero attached hydrogens (tertiary/aromatic N) is 1. The molecule has 0 N–H and O–H groups in total. The second-order valence-corrected chi connectivity index (χ2v) is 12.8. The summed E-state index contributed by atoms with van der Waals surface area (Å²) >= 11 is 0. The van der Waals surface area contributed by atoms with Gasteiger partial charge in [-0.05, 0) is 104 Å². The third-order valence-electron chi connectivity index (χ3n) is 9.51. The second kappa shape index (κ2) is 13.3. The third-order valence-corrected chi connectivity index (χ3v) is 9.51. The van der Waals surface area contributed by atoms with E-state index in [0.717, 1.165) is 50.0 Å². The van der Waals surface area contributed by atoms with Crippen molar-refractivity contribution in [3.63, 3.8) is 0 Å². The van der Waals surface area contributed by atoms with E-state index >= 15 is 0 Å². The fourth-order valence-electron chi connectivity index (χ4n) is 6.86. The molecule has 0 aliphatic heterocycles. The molecule has 0 saturated carbocycles. The fourth-order valence-corrected chi connectivity index (χ4v) is 6.86. The molecule has 1 heterocycles. The molecule has 1 aromatic heterocycles. The Hall–Kier alpha value is -6.77. The van der Waals surface area contributed by atoms with E-state index < -0.39 is 0 Å². The van der Waals surface area contributed by atoms with Gasteiger partial charge in [-0.15, -0.1) is 0 Å². The van der Waals surface area contributed by atoms with Crippen molar-refractivity contribution in [2.24, 2.45) is 0 Å². The molecule has 0 amide bonds. The summed E-state index contributed by atoms with van der Waals surface area (Å²) in [5.41, 5.74) is 16.3. The van der Waals surface area contributed by atoms with Crippen LogP contribution in [0.25, 0.3) is 89.3 Å². The Bertz CT molecular complexity index is 2600. The van der Waals surface area contributed by atoms with Crippen molar-refractivity contribution in [1.82, 2.24) is 4.98 Å². The predicted molar refractivity (Wildman–Crippen MR) is 212 cm³/mol. The highest BCUT2D eigenvalue weighted by Crippen LogP contribution is 2.39. The molecule has 240 valence electrons. The molecule has 9 aromatic rings. The number of fused-ring (bicyclic) bond motifs is 1. The largest absolute Gasteiger partial charge is 0.436 e. The minimum atomic E-state index is 0.602. The summed E-state index contributed by atoms with van der Waals surface area (Å²) in [6.07, 6.45) is 0. The molecular formula is C49H33NO. The molecule has 0 radical (unpaired) electrons. The average Bonchev–Trinajstić information content (AvgIpc) is 3.66. The van der Waals surface area contributed by atoms with Gasteiger partial charge in [0.25, 0.3) is 0 Å². The van der Waals surface area contributed by atoms with Crippen molar-refractivity contribution in [1.29, 1.82) is 0 Å². The van der Waals surface area contributed by atoms with Crippen molar-refractivity contribution < 1.29 is 4.42 Å². The van der Waals surface area contributed by atoms with Gasteiger partial charge in [0, 0.05) is 11.1 Å². The smallest absolute Gasteiger partial charge is 0.227 e. The Balaban J connectivity index is 1.14. The lowest BCUT2D eigenvalue weighted by molar-refractivity contribution is 0.620. The average molecular weight is 652 g/mol. The molecule has 0 atom stereocenters. The zero-order chi connectivity index (χ0) is 34.0. The van der Waals surface area contributed by atoms with Crippen LogP contribution in [0.5, 0.6) is 0 Å². The number of aromatic nitrogens is 1. The maximum Gasteiger partial charge on any atom is 0.227 e. The molecule has 0 spiro atoms. The molecule has 0 saturated heterocycles. The van der Waals surface area contributed by atoms with Gasteiger partial charge in [-0.2, -0.15) is 0 Å². The number of benzene rings is 8. The number of hydrogen-bond donors (Lipinski definition) is 0. The first-order valence-electron chi connectivity index (χ1n) is 17.3. The van der Waals surface area contributed by atoms with Crippen LogP contribution in [0, 0.1) is 0 Å². The van der Waals surface area contributed by atoms with Crippen molar-refractivity contribution in [2.45, 2.75) is 0 Å². The maximum absolute atomic E-state index is 6.62. The van der Waals surface area contributed by atoms with Gasteiger partial charge in [-0.1, -0.05) is 158 Å². The Morgan fingerprint density at radius 3 is 1.14 bits per heavy atom. The summed E-state index contributed by atoms with van der Waals surface area (Å²) in [6, 6.07) is 70.5. The molecule has 2 nitrogen and oxygen atoms in total. The molecule has 0 bridgehead atoms. The lowest BCUT2D eigenvalue weighted by Gasteiger charge is -2.10. The second-order valence-electron chi connectivity index (χ2n) is 12.8. The standard InChI is InChI=1S/C49H33NO/c1-4-13-34(14-5-1)39-19-10-21-41(29-39)37-25-27-38(28-26-37)49-50-48-46(44-24-12-22-42(31-44)36-17-8-3-9-18-36)32-45(33-47(48)51-49)43-23-11-20-40(30-43)35-15-6-2-7-16-35/h1-33H. The molecule has 9 rings (SSSR count). The summed E-state index contributed by atoms with van der Waals surface area (Å²) in [5, 5.41) is 0. The van der Waals surface area contributed by atoms with Gasteiger partial charge in [0.05, 0.1) is 0 Å². The van der Waals surface area contributed by atoms with E-state index in [9.17, 15) is 0 Å². The van der Waals surface area contributed by atoms with E-state index in [4.69, 9.17) is 9.40 Å². The molecule has 0 aliphatic rings. The summed E-state index contributed by atoms with van der Waals surface area (Å²) in [5.74, 6) is 0.602. The molecule has 0 aliphatic carbocycles. The van der Waals surface area contributed by atoms with Gasteiger partial charge in [-0.25, -0.2) is 4.98 Å². The minimum absolute atomic E-state index is 0.602. The Kier molecular flexibility index (Phi) is 7.88. The van der Waals surface area contributed by atoms with Crippen LogP contribution in [-0.4, -0.2) is 4.98 Å². The molecule has 0 fully saturated rings. The summed E-state index contributed by atoms with van der Waals surface area (Å²) in [6.45, 7) is 0. The molecule has 51 heavy (non-hydrogen) atoms. The number of rotatable bonds is 7. The van der Waals surface area contributed by atoms with Crippen molar-refractivity contribution in [3.05, 3.63) is 200 Å². The maximum atomic E-state index is 6.62. The third kappa shape index (κ3) is 6.16. The van der Waals surface area contributed by atoms with Crippen LogP contribution in [0.3, 0.4) is 0 Å². The first-order chi connectivity index (χ1) is 25.2. The van der Waals surface area contributed by atoms with Crippen LogP contribution in [0.15, 0.2) is 205 Å². The number of oxazole rings is 1. The highest BCUT2D eigenvalue weighted by molar-refractivity contribution is 5.97. The Morgan fingerprint density at radius 1 is 0.275 bits per heavy atom. The fraction of sp³-hybridized carbons (Fsp3) is 0. The highest BCUT2D eigenvalue weighted by atomic mass is 16.3. The lowest BCUT2D eigenvalue weighted by Crippen LogP contribution is -1.87. The molecule has 8 aromatic carbocycles. The van der Waals surface area contributed by atoms with Crippen molar-refractivity contribution in [3.8, 4) is 78.2 Å². The van der Waals surface area contributed by atoms with E-state index in [-0.39, 0.29) is 0 Å². The van der Waals surface area contributed by atoms with Gasteiger partial charge in [0.1, 0.15) is 5.52 Å². The summed E-state index contributed by atoms with van der Waals surface area (Å²) in [7, 11) is 0. The van der Waals surface area contributed by atoms with E-state index in [2.05, 4.69) is 194 Å². The van der Waals surface area contributed by atoms with E-state index in [1.807, 2.05) is 6.07 Å². The molecule has 2 heteroatoms. The Labute approximate surface area is 298 Å². The van der Waals surface area contributed by atoms with E-state index in [1.165, 1.54) is 33.4 Å². The monoisotopic (exact) mass is 651 g/mol. The molecular weight excluding hydrogens is 619 g/mol. The summed E-state index contributed by atoms with van der Waals surface area (Å²) < 4.78 is 6.62. The first kappa shape index (κ1) is 30.3. The predicted octanol–water partition coefficient (Wildman–Crippen LogP) is 13.5. The van der Waals surface area contributed by atoms with E-state index in [1.54, 1.807) is 0 Å². The lowest BCUT2D eigenvalue weighted by atomic mass is 9.94. The normalized spacial score (nSPS) is 11.1. The number of hydrogen-bond acceptors (Lipinski definition) is 2. The van der Waals surface area contributed by atoms with Crippen LogP contribution < -0.4 is 0 Å². The van der Waals surface area contributed by atoms with Crippen LogP contribution in [-0.2, 0) is 0 Å². The van der Waals surface area contributed by atoms with E-state index in [0.29, 0.717) is 5.89 Å². The van der Waals surface area contributed by atoms with Gasteiger partial charge >= 0.3 is 0 Å². The zero-order valence-corrected chi connectivity index (χ0v) is 27.9. The quantitative estimate of drug-likeness (QED) is 0.171. The van der Waals surface area contributed by atoms with Crippen LogP contribution in [0.1, 0.15) is 0 Å². The minimum Gasteiger partial charge on any atom is -0.436 e. The first-order valence-corrected chi connectivity index (χ1v) is 17.3. The van der Waals surface area contributed by atoms with Gasteiger partial charge in [0.15, 0.2) is 5.58 Å². The SMILES string of the molecule is c1ccc(-c2cccc(-c3ccc(-c4nc5c(-c6cccc(-c7ccccc7)c6)cc(-c6cccc(-c7ccccc7)c6)cc5o4)cc3)c2)cc1. The van der Waals surface area contributed by atoms with Crippen LogP contribution in [0.4, 0.5) is 0 Å².